The Kier molecular flexibility index (Phi) is 4.73. The van der Waals surface area contributed by atoms with Crippen LogP contribution in [-0.2, 0) is 4.74 Å². The van der Waals surface area contributed by atoms with Crippen LogP contribution in [0.3, 0.4) is 0 Å². The van der Waals surface area contributed by atoms with Crippen molar-refractivity contribution in [1.29, 1.82) is 0 Å². The molecule has 0 amide bonds. The minimum Gasteiger partial charge on any atom is -0.378 e. The molecule has 0 atom stereocenters. The number of anilines is 1. The molecule has 15 heavy (non-hydrogen) atoms. The predicted molar refractivity (Wildman–Crippen MR) is 64.1 cm³/mol. The molecule has 80 valence electrons. The van der Waals surface area contributed by atoms with Crippen LogP contribution in [0, 0.1) is 11.8 Å². The Labute approximate surface area is 91.9 Å². The van der Waals surface area contributed by atoms with Crippen LogP contribution >= 0.6 is 0 Å². The second-order valence-electron chi connectivity index (χ2n) is 3.38. The Bertz CT molecular complexity index is 360. The molecule has 0 N–H and O–H groups in total. The minimum atomic E-state index is 0.503. The summed E-state index contributed by atoms with van der Waals surface area (Å²) >= 11 is 0. The van der Waals surface area contributed by atoms with E-state index in [9.17, 15) is 0 Å². The highest BCUT2D eigenvalue weighted by molar-refractivity contribution is 5.51. The molecular weight excluding hydrogens is 186 g/mol. The Morgan fingerprint density at radius 2 is 2.13 bits per heavy atom. The van der Waals surface area contributed by atoms with Crippen LogP contribution in [0.2, 0.25) is 0 Å². The van der Waals surface area contributed by atoms with Gasteiger partial charge < -0.3 is 9.64 Å². The van der Waals surface area contributed by atoms with Crippen LogP contribution < -0.4 is 4.90 Å². The van der Waals surface area contributed by atoms with E-state index in [4.69, 9.17) is 4.74 Å². The van der Waals surface area contributed by atoms with Gasteiger partial charge in [-0.2, -0.15) is 0 Å². The summed E-state index contributed by atoms with van der Waals surface area (Å²) in [5, 5.41) is 0. The molecule has 0 aliphatic heterocycles. The minimum absolute atomic E-state index is 0.503. The molecule has 0 spiro atoms. The van der Waals surface area contributed by atoms with E-state index in [0.717, 1.165) is 5.56 Å². The molecule has 0 unspecified atom stereocenters. The molecule has 1 rings (SSSR count). The second kappa shape index (κ2) is 6.10. The first-order chi connectivity index (χ1) is 7.24. The summed E-state index contributed by atoms with van der Waals surface area (Å²) in [5.74, 6) is 6.05. The van der Waals surface area contributed by atoms with Gasteiger partial charge in [-0.1, -0.05) is 17.9 Å². The monoisotopic (exact) mass is 203 g/mol. The van der Waals surface area contributed by atoms with Crippen LogP contribution in [-0.4, -0.2) is 27.3 Å². The summed E-state index contributed by atoms with van der Waals surface area (Å²) in [6.07, 6.45) is 0. The van der Waals surface area contributed by atoms with Gasteiger partial charge in [-0.3, -0.25) is 0 Å². The third-order valence-corrected chi connectivity index (χ3v) is 1.97. The van der Waals surface area contributed by atoms with Gasteiger partial charge in [-0.15, -0.1) is 0 Å². The Morgan fingerprint density at radius 3 is 2.80 bits per heavy atom. The molecule has 0 bridgehead atoms. The molecule has 2 heteroatoms. The normalized spacial score (nSPS) is 9.27. The maximum Gasteiger partial charge on any atom is 0.108 e. The van der Waals surface area contributed by atoms with Crippen LogP contribution in [0.5, 0.6) is 0 Å². The molecule has 2 nitrogen and oxygen atoms in total. The van der Waals surface area contributed by atoms with Gasteiger partial charge in [0, 0.05) is 32.0 Å². The summed E-state index contributed by atoms with van der Waals surface area (Å²) in [7, 11) is 4.04. The van der Waals surface area contributed by atoms with Gasteiger partial charge in [-0.05, 0) is 25.1 Å². The van der Waals surface area contributed by atoms with E-state index < -0.39 is 0 Å². The molecular formula is C13H17NO. The number of rotatable bonds is 3. The van der Waals surface area contributed by atoms with Crippen molar-refractivity contribution in [3.8, 4) is 11.8 Å². The SMILES string of the molecule is CCOCC#Cc1cccc(N(C)C)c1. The van der Waals surface area contributed by atoms with Gasteiger partial charge in [0.15, 0.2) is 0 Å². The quantitative estimate of drug-likeness (QED) is 0.551. The summed E-state index contributed by atoms with van der Waals surface area (Å²) in [4.78, 5) is 2.06. The lowest BCUT2D eigenvalue weighted by molar-refractivity contribution is 0.182. The van der Waals surface area contributed by atoms with E-state index in [1.165, 1.54) is 5.69 Å². The molecule has 0 aliphatic rings. The molecule has 0 saturated heterocycles. The lowest BCUT2D eigenvalue weighted by atomic mass is 10.2. The van der Waals surface area contributed by atoms with Gasteiger partial charge in [0.2, 0.25) is 0 Å². The number of hydrogen-bond acceptors (Lipinski definition) is 2. The molecule has 0 fully saturated rings. The Balaban J connectivity index is 2.67. The standard InChI is InChI=1S/C13H17NO/c1-4-15-10-6-8-12-7-5-9-13(11-12)14(2)3/h5,7,9,11H,4,10H2,1-3H3. The summed E-state index contributed by atoms with van der Waals surface area (Å²) in [5.41, 5.74) is 2.19. The maximum atomic E-state index is 5.15. The Hall–Kier alpha value is -1.46. The predicted octanol–water partition coefficient (Wildman–Crippen LogP) is 2.14. The van der Waals surface area contributed by atoms with Crippen molar-refractivity contribution in [2.75, 3.05) is 32.2 Å². The van der Waals surface area contributed by atoms with Gasteiger partial charge >= 0.3 is 0 Å². The van der Waals surface area contributed by atoms with E-state index in [-0.39, 0.29) is 0 Å². The second-order valence-corrected chi connectivity index (χ2v) is 3.38. The molecule has 0 heterocycles. The highest BCUT2D eigenvalue weighted by Crippen LogP contribution is 2.12. The molecule has 1 aromatic rings. The van der Waals surface area contributed by atoms with E-state index in [1.54, 1.807) is 0 Å². The van der Waals surface area contributed by atoms with Gasteiger partial charge in [0.1, 0.15) is 6.61 Å². The zero-order valence-corrected chi connectivity index (χ0v) is 9.58. The van der Waals surface area contributed by atoms with Crippen molar-refractivity contribution in [3.05, 3.63) is 29.8 Å². The van der Waals surface area contributed by atoms with E-state index in [1.807, 2.05) is 33.2 Å². The first-order valence-corrected chi connectivity index (χ1v) is 5.08. The van der Waals surface area contributed by atoms with Crippen LogP contribution in [0.15, 0.2) is 24.3 Å². The largest absolute Gasteiger partial charge is 0.378 e. The first-order valence-electron chi connectivity index (χ1n) is 5.08. The van der Waals surface area contributed by atoms with Gasteiger partial charge in [0.25, 0.3) is 0 Å². The maximum absolute atomic E-state index is 5.15. The van der Waals surface area contributed by atoms with E-state index in [0.29, 0.717) is 13.2 Å². The molecule has 0 saturated carbocycles. The van der Waals surface area contributed by atoms with Crippen molar-refractivity contribution in [2.24, 2.45) is 0 Å². The molecule has 0 radical (unpaired) electrons. The number of nitrogens with zero attached hydrogens (tertiary/aromatic N) is 1. The third-order valence-electron chi connectivity index (χ3n) is 1.97. The highest BCUT2D eigenvalue weighted by atomic mass is 16.5. The fraction of sp³-hybridized carbons (Fsp3) is 0.385. The van der Waals surface area contributed by atoms with Crippen molar-refractivity contribution in [3.63, 3.8) is 0 Å². The number of benzene rings is 1. The lowest BCUT2D eigenvalue weighted by Crippen LogP contribution is -2.08. The molecule has 0 aromatic heterocycles. The zero-order valence-electron chi connectivity index (χ0n) is 9.58. The zero-order chi connectivity index (χ0) is 11.1. The summed E-state index contributed by atoms with van der Waals surface area (Å²) < 4.78 is 5.15. The smallest absolute Gasteiger partial charge is 0.108 e. The lowest BCUT2D eigenvalue weighted by Gasteiger charge is -2.11. The van der Waals surface area contributed by atoms with Crippen molar-refractivity contribution in [1.82, 2.24) is 0 Å². The number of hydrogen-bond donors (Lipinski definition) is 0. The fourth-order valence-corrected chi connectivity index (χ4v) is 1.15. The average Bonchev–Trinajstić information content (AvgIpc) is 2.25. The number of ether oxygens (including phenoxy) is 1. The summed E-state index contributed by atoms with van der Waals surface area (Å²) in [6, 6.07) is 8.15. The van der Waals surface area contributed by atoms with Crippen LogP contribution in [0.25, 0.3) is 0 Å². The van der Waals surface area contributed by atoms with E-state index in [2.05, 4.69) is 28.9 Å². The molecule has 0 aliphatic carbocycles. The van der Waals surface area contributed by atoms with Crippen molar-refractivity contribution < 1.29 is 4.74 Å². The van der Waals surface area contributed by atoms with Crippen LogP contribution in [0.4, 0.5) is 5.69 Å². The highest BCUT2D eigenvalue weighted by Gasteiger charge is 1.94. The van der Waals surface area contributed by atoms with Crippen LogP contribution in [0.1, 0.15) is 12.5 Å². The summed E-state index contributed by atoms with van der Waals surface area (Å²) in [6.45, 7) is 3.18. The van der Waals surface area contributed by atoms with Crippen molar-refractivity contribution in [2.45, 2.75) is 6.92 Å². The Morgan fingerprint density at radius 1 is 1.33 bits per heavy atom. The van der Waals surface area contributed by atoms with Gasteiger partial charge in [-0.25, -0.2) is 0 Å². The first kappa shape index (κ1) is 11.6. The van der Waals surface area contributed by atoms with Gasteiger partial charge in [0.05, 0.1) is 0 Å². The van der Waals surface area contributed by atoms with E-state index >= 15 is 0 Å². The fourth-order valence-electron chi connectivity index (χ4n) is 1.15. The molecule has 1 aromatic carbocycles. The van der Waals surface area contributed by atoms with Crippen molar-refractivity contribution >= 4 is 5.69 Å². The topological polar surface area (TPSA) is 12.5 Å². The third kappa shape index (κ3) is 4.05. The average molecular weight is 203 g/mol.